The molecule has 196 valence electrons. The van der Waals surface area contributed by atoms with Gasteiger partial charge in [-0.05, 0) is 55.2 Å². The first-order valence-corrected chi connectivity index (χ1v) is 14.0. The Hall–Kier alpha value is -3.91. The molecule has 1 aliphatic rings. The van der Waals surface area contributed by atoms with Crippen molar-refractivity contribution >= 4 is 32.8 Å². The number of ether oxygens (including phenoxy) is 1. The third-order valence-corrected chi connectivity index (χ3v) is 8.96. The third-order valence-electron chi connectivity index (χ3n) is 7.28. The van der Waals surface area contributed by atoms with Crippen LogP contribution in [-0.2, 0) is 32.6 Å². The number of aryl methyl sites for hydroxylation is 1. The number of carbonyl (C=O) groups excluding carboxylic acids is 2. The number of nitrogens with zero attached hydrogens (tertiary/aromatic N) is 2. The van der Waals surface area contributed by atoms with Crippen molar-refractivity contribution in [1.29, 1.82) is 0 Å². The Kier molecular flexibility index (Phi) is 6.84. The van der Waals surface area contributed by atoms with Gasteiger partial charge in [-0.1, -0.05) is 60.2 Å². The molecule has 0 saturated carbocycles. The molecule has 7 nitrogen and oxygen atoms in total. The van der Waals surface area contributed by atoms with Crippen LogP contribution in [0.25, 0.3) is 10.9 Å². The van der Waals surface area contributed by atoms with E-state index in [2.05, 4.69) is 0 Å². The van der Waals surface area contributed by atoms with Crippen LogP contribution in [0, 0.1) is 6.92 Å². The summed E-state index contributed by atoms with van der Waals surface area (Å²) in [5.41, 5.74) is 4.10. The van der Waals surface area contributed by atoms with E-state index in [1.54, 1.807) is 48.5 Å². The molecule has 0 unspecified atom stereocenters. The second-order valence-corrected chi connectivity index (χ2v) is 11.8. The van der Waals surface area contributed by atoms with Crippen molar-refractivity contribution in [2.75, 3.05) is 7.05 Å². The van der Waals surface area contributed by atoms with E-state index in [0.29, 0.717) is 11.9 Å². The van der Waals surface area contributed by atoms with Gasteiger partial charge in [-0.25, -0.2) is 17.2 Å². The number of Topliss-reactive ketones (excluding diaryl/α,β-unsaturated/α-hetero) is 1. The molecule has 0 N–H and O–H groups in total. The minimum Gasteiger partial charge on any atom is -0.445 e. The average Bonchev–Trinajstić information content (AvgIpc) is 3.29. The van der Waals surface area contributed by atoms with Crippen LogP contribution in [0.3, 0.4) is 0 Å². The largest absolute Gasteiger partial charge is 0.445 e. The van der Waals surface area contributed by atoms with Gasteiger partial charge < -0.3 is 14.4 Å². The molecule has 0 radical (unpaired) electrons. The zero-order chi connectivity index (χ0) is 27.0. The topological polar surface area (TPSA) is 85.7 Å². The standard InChI is InChI=1S/C30H30N2O5S/c1-20-12-14-24(15-13-20)38(35,36)32-18-23-17-28(31(3)30(34)37-19-22-8-5-4-6-9-22)26(16-21(2)33)25-10-7-11-27(32)29(23)25/h4-15,18,26,28H,16-17,19H2,1-3H3/t26-,28+/m0/s1. The maximum absolute atomic E-state index is 13.6. The summed E-state index contributed by atoms with van der Waals surface area (Å²) in [6.45, 7) is 3.58. The van der Waals surface area contributed by atoms with Crippen LogP contribution in [0.5, 0.6) is 0 Å². The number of hydrogen-bond donors (Lipinski definition) is 0. The van der Waals surface area contributed by atoms with Gasteiger partial charge >= 0.3 is 6.09 Å². The van der Waals surface area contributed by atoms with Gasteiger partial charge in [0.05, 0.1) is 10.4 Å². The monoisotopic (exact) mass is 530 g/mol. The number of likely N-dealkylation sites (N-methyl/N-ethyl adjacent to an activating group) is 1. The Balaban J connectivity index is 1.53. The minimum atomic E-state index is -3.85. The zero-order valence-corrected chi connectivity index (χ0v) is 22.4. The van der Waals surface area contributed by atoms with Crippen LogP contribution < -0.4 is 0 Å². The van der Waals surface area contributed by atoms with E-state index in [-0.39, 0.29) is 35.7 Å². The summed E-state index contributed by atoms with van der Waals surface area (Å²) in [6, 6.07) is 21.4. The fourth-order valence-corrected chi connectivity index (χ4v) is 6.73. The smallest absolute Gasteiger partial charge is 0.410 e. The normalized spacial score (nSPS) is 16.8. The Morgan fingerprint density at radius 2 is 1.71 bits per heavy atom. The summed E-state index contributed by atoms with van der Waals surface area (Å²) in [7, 11) is -2.17. The first-order chi connectivity index (χ1) is 18.2. The Labute approximate surface area is 222 Å². The number of benzene rings is 3. The fraction of sp³-hybridized carbons (Fsp3) is 0.267. The van der Waals surface area contributed by atoms with E-state index in [0.717, 1.165) is 27.6 Å². The van der Waals surface area contributed by atoms with Gasteiger partial charge in [-0.3, -0.25) is 0 Å². The lowest BCUT2D eigenvalue weighted by Crippen LogP contribution is -2.44. The summed E-state index contributed by atoms with van der Waals surface area (Å²) in [6.07, 6.45) is 1.80. The van der Waals surface area contributed by atoms with Gasteiger partial charge in [0.1, 0.15) is 12.4 Å². The number of aromatic nitrogens is 1. The number of rotatable bonds is 7. The number of amides is 1. The minimum absolute atomic E-state index is 0.00165. The molecular weight excluding hydrogens is 500 g/mol. The van der Waals surface area contributed by atoms with E-state index in [1.165, 1.54) is 10.9 Å². The highest BCUT2D eigenvalue weighted by Crippen LogP contribution is 2.42. The molecule has 5 rings (SSSR count). The van der Waals surface area contributed by atoms with Crippen molar-refractivity contribution in [2.45, 2.75) is 50.2 Å². The van der Waals surface area contributed by atoms with Gasteiger partial charge in [0.15, 0.2) is 0 Å². The Bertz CT molecular complexity index is 1610. The summed E-state index contributed by atoms with van der Waals surface area (Å²) in [5, 5.41) is 0.830. The van der Waals surface area contributed by atoms with Gasteiger partial charge in [-0.15, -0.1) is 0 Å². The molecule has 38 heavy (non-hydrogen) atoms. The van der Waals surface area contributed by atoms with Crippen molar-refractivity contribution in [2.24, 2.45) is 0 Å². The second-order valence-electron chi connectivity index (χ2n) is 9.94. The molecule has 1 aromatic heterocycles. The summed E-state index contributed by atoms with van der Waals surface area (Å²) in [5.74, 6) is -0.297. The SMILES string of the molecule is CC(=O)C[C@H]1c2cccc3c2c(cn3S(=O)(=O)c2ccc(C)cc2)C[C@H]1N(C)C(=O)OCc1ccccc1. The van der Waals surface area contributed by atoms with Crippen LogP contribution in [0.1, 0.15) is 41.5 Å². The first kappa shape index (κ1) is 25.7. The summed E-state index contributed by atoms with van der Waals surface area (Å²) < 4.78 is 34.2. The van der Waals surface area contributed by atoms with Crippen molar-refractivity contribution in [3.63, 3.8) is 0 Å². The average molecular weight is 531 g/mol. The molecule has 0 spiro atoms. The molecule has 0 bridgehead atoms. The number of ketones is 1. The molecule has 1 aliphatic carbocycles. The van der Waals surface area contributed by atoms with E-state index in [4.69, 9.17) is 4.74 Å². The lowest BCUT2D eigenvalue weighted by Gasteiger charge is -2.37. The van der Waals surface area contributed by atoms with Crippen LogP contribution in [0.15, 0.2) is 83.9 Å². The number of hydrogen-bond acceptors (Lipinski definition) is 5. The van der Waals surface area contributed by atoms with E-state index in [9.17, 15) is 18.0 Å². The van der Waals surface area contributed by atoms with E-state index < -0.39 is 16.1 Å². The molecule has 0 fully saturated rings. The lowest BCUT2D eigenvalue weighted by molar-refractivity contribution is -0.117. The van der Waals surface area contributed by atoms with Gasteiger partial charge in [0.25, 0.3) is 10.0 Å². The van der Waals surface area contributed by atoms with Crippen molar-refractivity contribution < 1.29 is 22.7 Å². The quantitative estimate of drug-likeness (QED) is 0.318. The summed E-state index contributed by atoms with van der Waals surface area (Å²) in [4.78, 5) is 27.2. The van der Waals surface area contributed by atoms with Crippen LogP contribution in [0.2, 0.25) is 0 Å². The molecule has 3 aromatic carbocycles. The molecule has 2 atom stereocenters. The van der Waals surface area contributed by atoms with Gasteiger partial charge in [-0.2, -0.15) is 0 Å². The fourth-order valence-electron chi connectivity index (χ4n) is 5.35. The predicted octanol–water partition coefficient (Wildman–Crippen LogP) is 5.44. The third kappa shape index (κ3) is 4.72. The Morgan fingerprint density at radius 1 is 1.00 bits per heavy atom. The van der Waals surface area contributed by atoms with Gasteiger partial charge in [0, 0.05) is 37.0 Å². The van der Waals surface area contributed by atoms with Crippen LogP contribution >= 0.6 is 0 Å². The lowest BCUT2D eigenvalue weighted by atomic mass is 9.77. The molecular formula is C30H30N2O5S. The molecule has 8 heteroatoms. The van der Waals surface area contributed by atoms with E-state index >= 15 is 0 Å². The molecule has 0 aliphatic heterocycles. The molecule has 1 amide bonds. The van der Waals surface area contributed by atoms with Crippen molar-refractivity contribution in [3.05, 3.63) is 101 Å². The highest BCUT2D eigenvalue weighted by atomic mass is 32.2. The van der Waals surface area contributed by atoms with E-state index in [1.807, 2.05) is 49.4 Å². The van der Waals surface area contributed by atoms with Crippen molar-refractivity contribution in [1.82, 2.24) is 8.87 Å². The van der Waals surface area contributed by atoms with Crippen LogP contribution in [0.4, 0.5) is 4.79 Å². The molecule has 4 aromatic rings. The molecule has 0 saturated heterocycles. The highest BCUT2D eigenvalue weighted by molar-refractivity contribution is 7.90. The maximum Gasteiger partial charge on any atom is 0.410 e. The maximum atomic E-state index is 13.6. The Morgan fingerprint density at radius 3 is 2.39 bits per heavy atom. The van der Waals surface area contributed by atoms with Crippen molar-refractivity contribution in [3.8, 4) is 0 Å². The second kappa shape index (κ2) is 10.1. The first-order valence-electron chi connectivity index (χ1n) is 12.5. The zero-order valence-electron chi connectivity index (χ0n) is 21.6. The van der Waals surface area contributed by atoms with Gasteiger partial charge in [0.2, 0.25) is 0 Å². The van der Waals surface area contributed by atoms with Crippen LogP contribution in [-0.4, -0.2) is 42.3 Å². The highest BCUT2D eigenvalue weighted by Gasteiger charge is 2.38. The summed E-state index contributed by atoms with van der Waals surface area (Å²) >= 11 is 0. The molecule has 1 heterocycles. The number of carbonyl (C=O) groups is 2. The predicted molar refractivity (Wildman–Crippen MR) is 146 cm³/mol.